The number of nitrogens with one attached hydrogen (secondary N) is 2. The molecular weight excluding hydrogens is 367 g/mol. The number of urea groups is 1. The van der Waals surface area contributed by atoms with Gasteiger partial charge >= 0.3 is 6.03 Å². The van der Waals surface area contributed by atoms with Gasteiger partial charge in [-0.05, 0) is 18.2 Å². The third kappa shape index (κ3) is 3.68. The molecule has 0 aromatic heterocycles. The Labute approximate surface area is 149 Å². The van der Waals surface area contributed by atoms with Crippen LogP contribution in [-0.2, 0) is 19.6 Å². The molecule has 0 saturated carbocycles. The van der Waals surface area contributed by atoms with Crippen LogP contribution in [0, 0.1) is 5.82 Å². The maximum Gasteiger partial charge on any atom is 0.324 e. The highest BCUT2D eigenvalue weighted by Gasteiger charge is 2.42. The number of carbonyl (C=O) groups is 3. The van der Waals surface area contributed by atoms with Crippen LogP contribution in [0.3, 0.4) is 0 Å². The molecule has 2 saturated heterocycles. The maximum atomic E-state index is 13.1. The molecule has 140 valence electrons. The second kappa shape index (κ2) is 7.00. The maximum absolute atomic E-state index is 13.1. The fraction of sp³-hybridized carbons (Fsp3) is 0.400. The number of benzene rings is 1. The fourth-order valence-corrected chi connectivity index (χ4v) is 3.86. The molecule has 2 aliphatic heterocycles. The number of hydrogen-bond donors (Lipinski definition) is 2. The molecule has 0 aliphatic carbocycles. The molecule has 2 heterocycles. The van der Waals surface area contributed by atoms with Gasteiger partial charge in [0.05, 0.1) is 17.5 Å². The molecule has 0 spiro atoms. The van der Waals surface area contributed by atoms with Gasteiger partial charge in [0.2, 0.25) is 21.8 Å². The Bertz CT molecular complexity index is 837. The normalized spacial score (nSPS) is 18.0. The van der Waals surface area contributed by atoms with Crippen LogP contribution >= 0.6 is 0 Å². The highest BCUT2D eigenvalue weighted by molar-refractivity contribution is 7.89. The van der Waals surface area contributed by atoms with E-state index in [4.69, 9.17) is 0 Å². The number of halogens is 1. The molecular formula is C15H17FN4O5S. The van der Waals surface area contributed by atoms with Gasteiger partial charge in [-0.2, -0.15) is 0 Å². The lowest BCUT2D eigenvalue weighted by Crippen LogP contribution is -2.62. The van der Waals surface area contributed by atoms with E-state index in [1.165, 1.54) is 17.0 Å². The summed E-state index contributed by atoms with van der Waals surface area (Å²) >= 11 is 0. The average Bonchev–Trinajstić information content (AvgIpc) is 2.86. The summed E-state index contributed by atoms with van der Waals surface area (Å²) in [6, 6.07) is 3.75. The highest BCUT2D eigenvalue weighted by atomic mass is 32.2. The van der Waals surface area contributed by atoms with Crippen LogP contribution in [0.25, 0.3) is 0 Å². The first-order chi connectivity index (χ1) is 12.3. The number of hydrogen-bond acceptors (Lipinski definition) is 5. The number of rotatable bonds is 6. The third-order valence-corrected chi connectivity index (χ3v) is 5.65. The van der Waals surface area contributed by atoms with E-state index < -0.39 is 21.9 Å². The highest BCUT2D eigenvalue weighted by Crippen LogP contribution is 2.18. The number of sulfonamides is 1. The predicted octanol–water partition coefficient (Wildman–Crippen LogP) is -0.743. The summed E-state index contributed by atoms with van der Waals surface area (Å²) in [5.74, 6) is -1.29. The van der Waals surface area contributed by atoms with Crippen LogP contribution in [0.1, 0.15) is 6.42 Å². The lowest BCUT2D eigenvalue weighted by Gasteiger charge is -2.42. The van der Waals surface area contributed by atoms with Crippen molar-refractivity contribution < 1.29 is 27.2 Å². The third-order valence-electron chi connectivity index (χ3n) is 4.20. The van der Waals surface area contributed by atoms with Crippen molar-refractivity contribution in [2.45, 2.75) is 17.4 Å². The summed E-state index contributed by atoms with van der Waals surface area (Å²) in [4.78, 5) is 37.5. The molecule has 9 nitrogen and oxygen atoms in total. The average molecular weight is 384 g/mol. The molecule has 11 heteroatoms. The smallest absolute Gasteiger partial charge is 0.324 e. The van der Waals surface area contributed by atoms with E-state index in [2.05, 4.69) is 10.0 Å². The van der Waals surface area contributed by atoms with Crippen LogP contribution < -0.4 is 10.0 Å². The quantitative estimate of drug-likeness (QED) is 0.627. The first kappa shape index (κ1) is 18.3. The Balaban J connectivity index is 1.45. The summed E-state index contributed by atoms with van der Waals surface area (Å²) in [5.41, 5.74) is 0. The van der Waals surface area contributed by atoms with Gasteiger partial charge in [0.1, 0.15) is 5.82 Å². The second-order valence-electron chi connectivity index (χ2n) is 5.98. The van der Waals surface area contributed by atoms with E-state index in [0.29, 0.717) is 0 Å². The Kier molecular flexibility index (Phi) is 4.92. The predicted molar refractivity (Wildman–Crippen MR) is 86.8 cm³/mol. The van der Waals surface area contributed by atoms with Gasteiger partial charge in [-0.15, -0.1) is 0 Å². The van der Waals surface area contributed by atoms with Crippen molar-refractivity contribution in [2.24, 2.45) is 0 Å². The Morgan fingerprint density at radius 1 is 1.31 bits per heavy atom. The Morgan fingerprint density at radius 3 is 2.65 bits per heavy atom. The molecule has 26 heavy (non-hydrogen) atoms. The van der Waals surface area contributed by atoms with Crippen LogP contribution in [0.15, 0.2) is 29.2 Å². The lowest BCUT2D eigenvalue weighted by atomic mass is 10.1. The van der Waals surface area contributed by atoms with Crippen molar-refractivity contribution in [3.05, 3.63) is 30.1 Å². The van der Waals surface area contributed by atoms with Crippen LogP contribution in [0.5, 0.6) is 0 Å². The standard InChI is InChI=1S/C15H17FN4O5S/c16-10-2-1-3-12(6-10)26(24,25)18-5-4-13(21)19-8-11(9-19)20-14(22)7-17-15(20)23/h1-3,6,11,18H,4-5,7-9H2,(H,17,23). The zero-order valence-electron chi connectivity index (χ0n) is 13.6. The molecule has 2 aliphatic rings. The minimum atomic E-state index is -3.90. The lowest BCUT2D eigenvalue weighted by molar-refractivity contribution is -0.141. The topological polar surface area (TPSA) is 116 Å². The molecule has 2 N–H and O–H groups in total. The zero-order chi connectivity index (χ0) is 18.9. The zero-order valence-corrected chi connectivity index (χ0v) is 14.5. The summed E-state index contributed by atoms with van der Waals surface area (Å²) in [7, 11) is -3.90. The first-order valence-electron chi connectivity index (χ1n) is 7.91. The number of imide groups is 1. The van der Waals surface area contributed by atoms with Gasteiger partial charge in [-0.25, -0.2) is 22.3 Å². The Morgan fingerprint density at radius 2 is 2.04 bits per heavy atom. The van der Waals surface area contributed by atoms with E-state index in [1.807, 2.05) is 0 Å². The summed E-state index contributed by atoms with van der Waals surface area (Å²) < 4.78 is 39.4. The molecule has 3 rings (SSSR count). The molecule has 2 fully saturated rings. The fourth-order valence-electron chi connectivity index (χ4n) is 2.79. The van der Waals surface area contributed by atoms with E-state index in [-0.39, 0.29) is 55.4 Å². The minimum absolute atomic E-state index is 0.0366. The second-order valence-corrected chi connectivity index (χ2v) is 7.75. The number of carbonyl (C=O) groups excluding carboxylic acids is 3. The van der Waals surface area contributed by atoms with Gasteiger partial charge in [0.25, 0.3) is 0 Å². The van der Waals surface area contributed by atoms with Crippen LogP contribution in [0.4, 0.5) is 9.18 Å². The molecule has 0 atom stereocenters. The van der Waals surface area contributed by atoms with Crippen LogP contribution in [0.2, 0.25) is 0 Å². The summed E-state index contributed by atoms with van der Waals surface area (Å²) in [6.45, 7) is 0.288. The van der Waals surface area contributed by atoms with Crippen molar-refractivity contribution in [2.75, 3.05) is 26.2 Å². The molecule has 0 bridgehead atoms. The molecule has 4 amide bonds. The largest absolute Gasteiger partial charge is 0.338 e. The van der Waals surface area contributed by atoms with E-state index in [0.717, 1.165) is 17.0 Å². The van der Waals surface area contributed by atoms with E-state index in [1.54, 1.807) is 0 Å². The van der Waals surface area contributed by atoms with Crippen LogP contribution in [-0.4, -0.2) is 68.3 Å². The van der Waals surface area contributed by atoms with E-state index >= 15 is 0 Å². The first-order valence-corrected chi connectivity index (χ1v) is 9.39. The van der Waals surface area contributed by atoms with Gasteiger partial charge in [0.15, 0.2) is 0 Å². The van der Waals surface area contributed by atoms with Gasteiger partial charge in [-0.1, -0.05) is 6.07 Å². The van der Waals surface area contributed by atoms with Crippen molar-refractivity contribution in [1.29, 1.82) is 0 Å². The minimum Gasteiger partial charge on any atom is -0.338 e. The summed E-state index contributed by atoms with van der Waals surface area (Å²) in [5, 5.41) is 2.41. The number of likely N-dealkylation sites (tertiary alicyclic amines) is 1. The Hall–Kier alpha value is -2.53. The summed E-state index contributed by atoms with van der Waals surface area (Å²) in [6.07, 6.45) is -0.0819. The van der Waals surface area contributed by atoms with Crippen molar-refractivity contribution in [3.8, 4) is 0 Å². The van der Waals surface area contributed by atoms with Gasteiger partial charge < -0.3 is 10.2 Å². The molecule has 1 aromatic rings. The SMILES string of the molecule is O=C(CCNS(=O)(=O)c1cccc(F)c1)N1CC(N2C(=O)CNC2=O)C1. The van der Waals surface area contributed by atoms with Crippen molar-refractivity contribution in [1.82, 2.24) is 19.8 Å². The van der Waals surface area contributed by atoms with Crippen molar-refractivity contribution in [3.63, 3.8) is 0 Å². The van der Waals surface area contributed by atoms with Gasteiger partial charge in [0, 0.05) is 26.1 Å². The number of amides is 4. The van der Waals surface area contributed by atoms with Gasteiger partial charge in [-0.3, -0.25) is 14.5 Å². The van der Waals surface area contributed by atoms with E-state index in [9.17, 15) is 27.2 Å². The number of nitrogens with zero attached hydrogens (tertiary/aromatic N) is 2. The molecule has 0 unspecified atom stereocenters. The molecule has 1 aromatic carbocycles. The monoisotopic (exact) mass is 384 g/mol. The van der Waals surface area contributed by atoms with Crippen molar-refractivity contribution >= 4 is 27.9 Å². The molecule has 0 radical (unpaired) electrons.